The third-order valence-electron chi connectivity index (χ3n) is 5.05. The third-order valence-corrected chi connectivity index (χ3v) is 5.96. The van der Waals surface area contributed by atoms with E-state index in [9.17, 15) is 4.55 Å². The Labute approximate surface area is 145 Å². The highest BCUT2D eigenvalue weighted by molar-refractivity contribution is 7.90. The summed E-state index contributed by atoms with van der Waals surface area (Å²) in [5, 5.41) is 1.35. The van der Waals surface area contributed by atoms with Crippen molar-refractivity contribution in [1.29, 1.82) is 0 Å². The fraction of sp³-hybridized carbons (Fsp3) is 0.350. The first-order chi connectivity index (χ1) is 11.6. The minimum atomic E-state index is -0.971. The van der Waals surface area contributed by atoms with Gasteiger partial charge in [-0.3, -0.25) is 4.98 Å². The molecule has 124 valence electrons. The van der Waals surface area contributed by atoms with Crippen LogP contribution in [0.4, 0.5) is 0 Å². The molecule has 24 heavy (non-hydrogen) atoms. The number of aromatic nitrogens is 2. The second-order valence-corrected chi connectivity index (χ2v) is 8.19. The van der Waals surface area contributed by atoms with Crippen molar-refractivity contribution in [2.24, 2.45) is 5.92 Å². The molecular formula is C20H22N2OS. The molecule has 0 radical (unpaired) electrons. The van der Waals surface area contributed by atoms with Crippen molar-refractivity contribution in [3.8, 4) is 0 Å². The van der Waals surface area contributed by atoms with E-state index in [0.717, 1.165) is 35.9 Å². The number of hydrogen-bond acceptors (Lipinski definition) is 2. The number of benzene rings is 1. The molecule has 4 rings (SSSR count). The molecule has 2 unspecified atom stereocenters. The Kier molecular flexibility index (Phi) is 4.10. The Morgan fingerprint density at radius 2 is 2.08 bits per heavy atom. The molecule has 0 spiro atoms. The largest absolute Gasteiger partial charge is 0.612 e. The molecule has 1 aliphatic heterocycles. The molecule has 2 atom stereocenters. The lowest BCUT2D eigenvalue weighted by Crippen LogP contribution is -2.18. The van der Waals surface area contributed by atoms with Gasteiger partial charge in [-0.15, -0.1) is 0 Å². The van der Waals surface area contributed by atoms with Gasteiger partial charge in [0.05, 0.1) is 6.20 Å². The number of nitrogens with zero attached hydrogens (tertiary/aromatic N) is 2. The first-order valence-electron chi connectivity index (χ1n) is 8.51. The second kappa shape index (κ2) is 6.26. The molecule has 3 nitrogen and oxygen atoms in total. The molecular weight excluding hydrogens is 316 g/mol. The lowest BCUT2D eigenvalue weighted by atomic mass is 9.96. The van der Waals surface area contributed by atoms with Crippen molar-refractivity contribution in [2.45, 2.75) is 37.6 Å². The van der Waals surface area contributed by atoms with Crippen LogP contribution < -0.4 is 0 Å². The van der Waals surface area contributed by atoms with E-state index in [0.29, 0.717) is 0 Å². The fourth-order valence-electron chi connectivity index (χ4n) is 3.77. The second-order valence-electron chi connectivity index (χ2n) is 6.81. The molecule has 0 saturated carbocycles. The summed E-state index contributed by atoms with van der Waals surface area (Å²) in [5.74, 6) is 0.734. The summed E-state index contributed by atoms with van der Waals surface area (Å²) < 4.78 is 14.0. The monoisotopic (exact) mass is 338 g/mol. The molecule has 1 aliphatic rings. The summed E-state index contributed by atoms with van der Waals surface area (Å²) in [5.41, 5.74) is 5.27. The van der Waals surface area contributed by atoms with Gasteiger partial charge < -0.3 is 9.12 Å². The maximum Gasteiger partial charge on any atom is 0.170 e. The number of pyridine rings is 1. The highest BCUT2D eigenvalue weighted by atomic mass is 32.2. The van der Waals surface area contributed by atoms with Gasteiger partial charge in [-0.25, -0.2) is 0 Å². The van der Waals surface area contributed by atoms with Crippen LogP contribution in [0.5, 0.6) is 0 Å². The average Bonchev–Trinajstić information content (AvgIpc) is 2.89. The predicted molar refractivity (Wildman–Crippen MR) is 98.8 cm³/mol. The van der Waals surface area contributed by atoms with E-state index >= 15 is 0 Å². The van der Waals surface area contributed by atoms with Crippen LogP contribution in [-0.2, 0) is 30.6 Å². The fourth-order valence-corrected chi connectivity index (χ4v) is 4.23. The van der Waals surface area contributed by atoms with Gasteiger partial charge in [0.25, 0.3) is 0 Å². The van der Waals surface area contributed by atoms with E-state index in [4.69, 9.17) is 0 Å². The zero-order chi connectivity index (χ0) is 16.7. The quantitative estimate of drug-likeness (QED) is 0.679. The standard InChI is InChI=1S/C20H22N2OS/c1-14-7-10-20-18(11-15-8-9-16(12-21-15)24(2)23)17-5-3-4-6-19(17)22(20)13-14/h3-6,8-9,12,14H,7,10-11,13H2,1-2H3. The van der Waals surface area contributed by atoms with Crippen LogP contribution >= 0.6 is 0 Å². The molecule has 3 heterocycles. The van der Waals surface area contributed by atoms with E-state index < -0.39 is 11.2 Å². The molecule has 2 aromatic heterocycles. The zero-order valence-electron chi connectivity index (χ0n) is 14.2. The molecule has 0 N–H and O–H groups in total. The van der Waals surface area contributed by atoms with E-state index in [-0.39, 0.29) is 0 Å². The van der Waals surface area contributed by atoms with Gasteiger partial charge in [0.1, 0.15) is 6.26 Å². The van der Waals surface area contributed by atoms with Crippen LogP contribution in [0.25, 0.3) is 10.9 Å². The van der Waals surface area contributed by atoms with Crippen molar-refractivity contribution < 1.29 is 4.55 Å². The maximum atomic E-state index is 11.5. The summed E-state index contributed by atoms with van der Waals surface area (Å²) in [6.45, 7) is 3.44. The van der Waals surface area contributed by atoms with Crippen LogP contribution in [0.15, 0.2) is 47.5 Å². The molecule has 0 fully saturated rings. The minimum absolute atomic E-state index is 0.734. The predicted octanol–water partition coefficient (Wildman–Crippen LogP) is 3.95. The number of rotatable bonds is 3. The Balaban J connectivity index is 1.76. The highest BCUT2D eigenvalue weighted by Crippen LogP contribution is 2.33. The number of fused-ring (bicyclic) bond motifs is 3. The third kappa shape index (κ3) is 2.74. The first kappa shape index (κ1) is 15.7. The SMILES string of the molecule is CC1CCc2c(Cc3ccc([S+](C)[O-])cn3)c3ccccc3n2C1. The van der Waals surface area contributed by atoms with Crippen LogP contribution in [0, 0.1) is 5.92 Å². The number of para-hydroxylation sites is 1. The normalized spacial score (nSPS) is 18.5. The Hall–Kier alpha value is -1.78. The maximum absolute atomic E-state index is 11.5. The van der Waals surface area contributed by atoms with Crippen LogP contribution in [-0.4, -0.2) is 20.4 Å². The van der Waals surface area contributed by atoms with Gasteiger partial charge in [-0.05, 0) is 53.7 Å². The van der Waals surface area contributed by atoms with Gasteiger partial charge in [-0.1, -0.05) is 25.1 Å². The average molecular weight is 338 g/mol. The van der Waals surface area contributed by atoms with Crippen LogP contribution in [0.1, 0.15) is 30.3 Å². The smallest absolute Gasteiger partial charge is 0.170 e. The summed E-state index contributed by atoms with van der Waals surface area (Å²) >= 11 is -0.971. The van der Waals surface area contributed by atoms with Gasteiger partial charge in [0.15, 0.2) is 4.90 Å². The summed E-state index contributed by atoms with van der Waals surface area (Å²) in [7, 11) is 0. The minimum Gasteiger partial charge on any atom is -0.612 e. The molecule has 0 amide bonds. The van der Waals surface area contributed by atoms with Crippen LogP contribution in [0.2, 0.25) is 0 Å². The Bertz CT molecular complexity index is 867. The van der Waals surface area contributed by atoms with E-state index in [1.807, 2.05) is 12.1 Å². The van der Waals surface area contributed by atoms with Crippen molar-refractivity contribution >= 4 is 22.1 Å². The summed E-state index contributed by atoms with van der Waals surface area (Å²) in [6.07, 6.45) is 6.68. The molecule has 1 aromatic carbocycles. The van der Waals surface area contributed by atoms with Crippen LogP contribution in [0.3, 0.4) is 0 Å². The molecule has 0 saturated heterocycles. The molecule has 3 aromatic rings. The van der Waals surface area contributed by atoms with E-state index in [2.05, 4.69) is 40.7 Å². The Morgan fingerprint density at radius 3 is 2.83 bits per heavy atom. The van der Waals surface area contributed by atoms with Gasteiger partial charge in [-0.2, -0.15) is 0 Å². The van der Waals surface area contributed by atoms with E-state index in [1.165, 1.54) is 28.6 Å². The first-order valence-corrected chi connectivity index (χ1v) is 10.1. The Morgan fingerprint density at radius 1 is 1.25 bits per heavy atom. The lowest BCUT2D eigenvalue weighted by molar-refractivity contribution is 0.405. The van der Waals surface area contributed by atoms with Crippen molar-refractivity contribution in [1.82, 2.24) is 9.55 Å². The topological polar surface area (TPSA) is 40.9 Å². The highest BCUT2D eigenvalue weighted by Gasteiger charge is 2.22. The number of hydrogen-bond donors (Lipinski definition) is 0. The van der Waals surface area contributed by atoms with Crippen molar-refractivity contribution in [2.75, 3.05) is 6.26 Å². The molecule has 4 heteroatoms. The molecule has 0 bridgehead atoms. The van der Waals surface area contributed by atoms with E-state index in [1.54, 1.807) is 12.5 Å². The van der Waals surface area contributed by atoms with Gasteiger partial charge >= 0.3 is 0 Å². The summed E-state index contributed by atoms with van der Waals surface area (Å²) in [4.78, 5) is 5.33. The molecule has 0 aliphatic carbocycles. The zero-order valence-corrected chi connectivity index (χ0v) is 15.0. The van der Waals surface area contributed by atoms with Gasteiger partial charge in [0.2, 0.25) is 0 Å². The lowest BCUT2D eigenvalue weighted by Gasteiger charge is -2.23. The van der Waals surface area contributed by atoms with Crippen molar-refractivity contribution in [3.05, 3.63) is 59.5 Å². The van der Waals surface area contributed by atoms with Crippen molar-refractivity contribution in [3.63, 3.8) is 0 Å². The van der Waals surface area contributed by atoms with Gasteiger partial charge in [0, 0.05) is 35.3 Å². The summed E-state index contributed by atoms with van der Waals surface area (Å²) in [6, 6.07) is 12.7.